The molecule has 150 valence electrons. The lowest BCUT2D eigenvalue weighted by atomic mass is 10.1. The van der Waals surface area contributed by atoms with Crippen molar-refractivity contribution in [3.63, 3.8) is 0 Å². The quantitative estimate of drug-likeness (QED) is 0.683. The minimum atomic E-state index is -0.221. The Balaban J connectivity index is 1.34. The number of nitrogens with zero attached hydrogens (tertiary/aromatic N) is 2. The van der Waals surface area contributed by atoms with Crippen molar-refractivity contribution in [1.29, 1.82) is 0 Å². The zero-order chi connectivity index (χ0) is 20.2. The maximum absolute atomic E-state index is 12.3. The van der Waals surface area contributed by atoms with E-state index in [0.29, 0.717) is 16.5 Å². The Morgan fingerprint density at radius 3 is 2.52 bits per heavy atom. The topological polar surface area (TPSA) is 44.8 Å². The van der Waals surface area contributed by atoms with Crippen LogP contribution < -0.4 is 15.0 Å². The number of nitrogens with one attached hydrogen (secondary N) is 1. The molecule has 4 rings (SSSR count). The lowest BCUT2D eigenvalue weighted by molar-refractivity contribution is -0.118. The van der Waals surface area contributed by atoms with Crippen molar-refractivity contribution < 1.29 is 9.53 Å². The number of fused-ring (bicyclic) bond motifs is 1. The minimum Gasteiger partial charge on any atom is -0.484 e. The number of halogens is 1. The van der Waals surface area contributed by atoms with Gasteiger partial charge >= 0.3 is 0 Å². The molecule has 1 fully saturated rings. The van der Waals surface area contributed by atoms with Gasteiger partial charge in [0.1, 0.15) is 5.75 Å². The molecular weight excluding hydrogens is 386 g/mol. The van der Waals surface area contributed by atoms with Gasteiger partial charge in [0.15, 0.2) is 6.61 Å². The van der Waals surface area contributed by atoms with Gasteiger partial charge in [-0.25, -0.2) is 0 Å². The Hall–Kier alpha value is -2.76. The number of carbonyl (C=O) groups excluding carboxylic acids is 1. The number of benzene rings is 3. The molecule has 1 aliphatic rings. The van der Waals surface area contributed by atoms with Gasteiger partial charge in [-0.2, -0.15) is 0 Å². The SMILES string of the molecule is CN1CCN(c2ccc(NC(=O)COc3ccc4ccccc4c3)cc2Cl)CC1. The van der Waals surface area contributed by atoms with E-state index in [1.165, 1.54) is 0 Å². The van der Waals surface area contributed by atoms with Crippen LogP contribution in [0.5, 0.6) is 5.75 Å². The lowest BCUT2D eigenvalue weighted by Crippen LogP contribution is -2.44. The Bertz CT molecular complexity index is 1020. The van der Waals surface area contributed by atoms with E-state index in [1.54, 1.807) is 6.07 Å². The van der Waals surface area contributed by atoms with Gasteiger partial charge in [-0.05, 0) is 48.2 Å². The first-order valence-corrected chi connectivity index (χ1v) is 10.1. The van der Waals surface area contributed by atoms with Crippen LogP contribution in [0.1, 0.15) is 0 Å². The van der Waals surface area contributed by atoms with Crippen LogP contribution in [0.3, 0.4) is 0 Å². The Kier molecular flexibility index (Phi) is 5.88. The molecule has 5 nitrogen and oxygen atoms in total. The molecule has 6 heteroatoms. The molecule has 0 spiro atoms. The number of piperazine rings is 1. The Morgan fingerprint density at radius 1 is 1.00 bits per heavy atom. The Morgan fingerprint density at radius 2 is 1.76 bits per heavy atom. The predicted octanol–water partition coefficient (Wildman–Crippen LogP) is 4.26. The first-order valence-electron chi connectivity index (χ1n) is 9.73. The van der Waals surface area contributed by atoms with Crippen molar-refractivity contribution in [1.82, 2.24) is 4.90 Å². The molecule has 0 unspecified atom stereocenters. The molecule has 0 atom stereocenters. The number of ether oxygens (including phenoxy) is 1. The molecule has 0 bridgehead atoms. The van der Waals surface area contributed by atoms with Crippen molar-refractivity contribution in [2.45, 2.75) is 0 Å². The van der Waals surface area contributed by atoms with E-state index in [1.807, 2.05) is 54.6 Å². The van der Waals surface area contributed by atoms with Gasteiger partial charge in [-0.1, -0.05) is 41.9 Å². The molecule has 0 aliphatic carbocycles. The third-order valence-electron chi connectivity index (χ3n) is 5.17. The van der Waals surface area contributed by atoms with Gasteiger partial charge < -0.3 is 19.9 Å². The zero-order valence-electron chi connectivity index (χ0n) is 16.4. The van der Waals surface area contributed by atoms with E-state index in [-0.39, 0.29) is 12.5 Å². The standard InChI is InChI=1S/C23H24ClN3O2/c1-26-10-12-27(13-11-26)22-9-7-19(15-21(22)24)25-23(28)16-29-20-8-6-17-4-2-3-5-18(17)14-20/h2-9,14-15H,10-13,16H2,1H3,(H,25,28). The fourth-order valence-corrected chi connectivity index (χ4v) is 3.79. The van der Waals surface area contributed by atoms with E-state index in [2.05, 4.69) is 22.2 Å². The summed E-state index contributed by atoms with van der Waals surface area (Å²) in [6.07, 6.45) is 0. The van der Waals surface area contributed by atoms with Crippen LogP contribution in [0.15, 0.2) is 60.7 Å². The molecule has 1 aliphatic heterocycles. The summed E-state index contributed by atoms with van der Waals surface area (Å²) in [4.78, 5) is 16.9. The molecule has 1 amide bonds. The zero-order valence-corrected chi connectivity index (χ0v) is 17.2. The first kappa shape index (κ1) is 19.6. The summed E-state index contributed by atoms with van der Waals surface area (Å²) in [5.74, 6) is 0.448. The van der Waals surface area contributed by atoms with Crippen molar-refractivity contribution >= 4 is 39.7 Å². The summed E-state index contributed by atoms with van der Waals surface area (Å²) in [6, 6.07) is 19.5. The van der Waals surface area contributed by atoms with Crippen molar-refractivity contribution in [2.75, 3.05) is 50.1 Å². The highest BCUT2D eigenvalue weighted by Gasteiger charge is 2.17. The second-order valence-electron chi connectivity index (χ2n) is 7.30. The summed E-state index contributed by atoms with van der Waals surface area (Å²) in [5, 5.41) is 5.71. The molecule has 29 heavy (non-hydrogen) atoms. The average molecular weight is 410 g/mol. The second-order valence-corrected chi connectivity index (χ2v) is 7.71. The fourth-order valence-electron chi connectivity index (χ4n) is 3.49. The van der Waals surface area contributed by atoms with Crippen LogP contribution in [0.4, 0.5) is 11.4 Å². The number of rotatable bonds is 5. The maximum atomic E-state index is 12.3. The van der Waals surface area contributed by atoms with E-state index in [4.69, 9.17) is 16.3 Å². The number of hydrogen-bond donors (Lipinski definition) is 1. The third-order valence-corrected chi connectivity index (χ3v) is 5.47. The van der Waals surface area contributed by atoms with Gasteiger partial charge in [0, 0.05) is 31.9 Å². The van der Waals surface area contributed by atoms with Crippen LogP contribution in [-0.2, 0) is 4.79 Å². The van der Waals surface area contributed by atoms with Gasteiger partial charge in [-0.15, -0.1) is 0 Å². The van der Waals surface area contributed by atoms with E-state index in [0.717, 1.165) is 42.6 Å². The molecule has 1 heterocycles. The number of likely N-dealkylation sites (N-methyl/N-ethyl adjacent to an activating group) is 1. The van der Waals surface area contributed by atoms with Gasteiger partial charge in [0.2, 0.25) is 0 Å². The van der Waals surface area contributed by atoms with Gasteiger partial charge in [0.05, 0.1) is 10.7 Å². The molecular formula is C23H24ClN3O2. The number of amides is 1. The molecule has 0 radical (unpaired) electrons. The predicted molar refractivity (Wildman–Crippen MR) is 119 cm³/mol. The maximum Gasteiger partial charge on any atom is 0.262 e. The van der Waals surface area contributed by atoms with E-state index < -0.39 is 0 Å². The van der Waals surface area contributed by atoms with Crippen molar-refractivity contribution in [3.05, 3.63) is 65.7 Å². The van der Waals surface area contributed by atoms with E-state index in [9.17, 15) is 4.79 Å². The van der Waals surface area contributed by atoms with Crippen LogP contribution in [-0.4, -0.2) is 50.6 Å². The summed E-state index contributed by atoms with van der Waals surface area (Å²) >= 11 is 6.47. The molecule has 1 N–H and O–H groups in total. The summed E-state index contributed by atoms with van der Waals surface area (Å²) in [7, 11) is 2.12. The molecule has 3 aromatic rings. The van der Waals surface area contributed by atoms with Gasteiger partial charge in [-0.3, -0.25) is 4.79 Å². The highest BCUT2D eigenvalue weighted by Crippen LogP contribution is 2.29. The summed E-state index contributed by atoms with van der Waals surface area (Å²) < 4.78 is 5.65. The first-order chi connectivity index (χ1) is 14.1. The number of carbonyl (C=O) groups is 1. The van der Waals surface area contributed by atoms with E-state index >= 15 is 0 Å². The normalized spacial score (nSPS) is 14.8. The number of hydrogen-bond acceptors (Lipinski definition) is 4. The van der Waals surface area contributed by atoms with Crippen LogP contribution in [0, 0.1) is 0 Å². The average Bonchev–Trinajstić information content (AvgIpc) is 2.73. The van der Waals surface area contributed by atoms with Crippen LogP contribution in [0.2, 0.25) is 5.02 Å². The molecule has 0 saturated carbocycles. The highest BCUT2D eigenvalue weighted by molar-refractivity contribution is 6.33. The highest BCUT2D eigenvalue weighted by atomic mass is 35.5. The van der Waals surface area contributed by atoms with Gasteiger partial charge in [0.25, 0.3) is 5.91 Å². The van der Waals surface area contributed by atoms with Crippen molar-refractivity contribution in [3.8, 4) is 5.75 Å². The number of anilines is 2. The minimum absolute atomic E-state index is 0.0594. The third kappa shape index (κ3) is 4.81. The molecule has 1 saturated heterocycles. The largest absolute Gasteiger partial charge is 0.484 e. The van der Waals surface area contributed by atoms with Crippen LogP contribution in [0.25, 0.3) is 10.8 Å². The smallest absolute Gasteiger partial charge is 0.262 e. The molecule has 0 aromatic heterocycles. The summed E-state index contributed by atoms with van der Waals surface area (Å²) in [5.41, 5.74) is 1.67. The summed E-state index contributed by atoms with van der Waals surface area (Å²) in [6.45, 7) is 3.86. The molecule has 3 aromatic carbocycles. The van der Waals surface area contributed by atoms with Crippen molar-refractivity contribution in [2.24, 2.45) is 0 Å². The fraction of sp³-hybridized carbons (Fsp3) is 0.261. The van der Waals surface area contributed by atoms with Crippen LogP contribution >= 0.6 is 11.6 Å². The second kappa shape index (κ2) is 8.72. The monoisotopic (exact) mass is 409 g/mol. The lowest BCUT2D eigenvalue weighted by Gasteiger charge is -2.34. The Labute approximate surface area is 175 Å².